The topological polar surface area (TPSA) is 51.0 Å². The van der Waals surface area contributed by atoms with Crippen LogP contribution in [0.2, 0.25) is 0 Å². The predicted octanol–water partition coefficient (Wildman–Crippen LogP) is 2.91. The van der Waals surface area contributed by atoms with Crippen molar-refractivity contribution < 1.29 is 4.79 Å². The lowest BCUT2D eigenvalue weighted by molar-refractivity contribution is -0.132. The van der Waals surface area contributed by atoms with Crippen LogP contribution in [-0.2, 0) is 17.8 Å². The zero-order valence-corrected chi connectivity index (χ0v) is 14.6. The highest BCUT2D eigenvalue weighted by Crippen LogP contribution is 2.23. The molecule has 0 radical (unpaired) electrons. The summed E-state index contributed by atoms with van der Waals surface area (Å²) in [6.07, 6.45) is 8.63. The normalized spacial score (nSPS) is 17.4. The van der Waals surface area contributed by atoms with E-state index in [9.17, 15) is 4.79 Å². The molecular weight excluding hydrogens is 300 g/mol. The quantitative estimate of drug-likeness (QED) is 0.820. The third-order valence-corrected chi connectivity index (χ3v) is 4.75. The zero-order chi connectivity index (χ0) is 16.9. The average molecular weight is 326 g/mol. The molecule has 0 saturated carbocycles. The number of carbonyl (C=O) groups excluding carboxylic acids is 1. The van der Waals surface area contributed by atoms with Gasteiger partial charge in [-0.1, -0.05) is 0 Å². The first-order chi connectivity index (χ1) is 11.6. The Morgan fingerprint density at radius 1 is 1.29 bits per heavy atom. The molecule has 0 aliphatic carbocycles. The number of nitrogens with zero attached hydrogens (tertiary/aromatic N) is 4. The van der Waals surface area contributed by atoms with Crippen LogP contribution in [0, 0.1) is 13.8 Å². The molecule has 1 aliphatic rings. The van der Waals surface area contributed by atoms with Crippen molar-refractivity contribution in [1.29, 1.82) is 0 Å². The Balaban J connectivity index is 1.51. The van der Waals surface area contributed by atoms with Gasteiger partial charge in [0.2, 0.25) is 5.91 Å². The summed E-state index contributed by atoms with van der Waals surface area (Å²) in [6, 6.07) is 6.57. The second-order valence-corrected chi connectivity index (χ2v) is 6.70. The number of amides is 1. The van der Waals surface area contributed by atoms with Crippen LogP contribution in [0.4, 0.5) is 0 Å². The van der Waals surface area contributed by atoms with Gasteiger partial charge in [0, 0.05) is 43.6 Å². The molecule has 128 valence electrons. The molecule has 0 aromatic carbocycles. The van der Waals surface area contributed by atoms with Gasteiger partial charge in [-0.15, -0.1) is 0 Å². The molecule has 5 nitrogen and oxygen atoms in total. The average Bonchev–Trinajstić information content (AvgIpc) is 3.19. The second kappa shape index (κ2) is 7.60. The second-order valence-electron chi connectivity index (χ2n) is 6.70. The fraction of sp³-hybridized carbons (Fsp3) is 0.526. The van der Waals surface area contributed by atoms with E-state index in [0.29, 0.717) is 19.0 Å². The van der Waals surface area contributed by atoms with E-state index in [2.05, 4.69) is 27.1 Å². The number of aryl methyl sites for hydroxylation is 4. The van der Waals surface area contributed by atoms with E-state index in [-0.39, 0.29) is 5.91 Å². The Labute approximate surface area is 143 Å². The van der Waals surface area contributed by atoms with E-state index in [1.165, 1.54) is 5.56 Å². The molecular formula is C19H26N4O. The first-order valence-corrected chi connectivity index (χ1v) is 8.83. The van der Waals surface area contributed by atoms with Crippen LogP contribution in [0.5, 0.6) is 0 Å². The van der Waals surface area contributed by atoms with Gasteiger partial charge < -0.3 is 4.90 Å². The summed E-state index contributed by atoms with van der Waals surface area (Å²) >= 11 is 0. The summed E-state index contributed by atoms with van der Waals surface area (Å²) in [5.74, 6) is 0.261. The van der Waals surface area contributed by atoms with Crippen molar-refractivity contribution in [3.63, 3.8) is 0 Å². The molecule has 1 saturated heterocycles. The molecule has 3 heterocycles. The Morgan fingerprint density at radius 3 is 2.92 bits per heavy atom. The SMILES string of the molecule is Cc1cc(CC[C@@H]2CCCN2C(=O)CCn2ccc(C)n2)ccn1. The van der Waals surface area contributed by atoms with Gasteiger partial charge in [0.1, 0.15) is 0 Å². The highest BCUT2D eigenvalue weighted by molar-refractivity contribution is 5.76. The molecule has 1 amide bonds. The minimum absolute atomic E-state index is 0.261. The minimum Gasteiger partial charge on any atom is -0.340 e. The summed E-state index contributed by atoms with van der Waals surface area (Å²) in [5, 5.41) is 4.35. The van der Waals surface area contributed by atoms with Gasteiger partial charge in [-0.2, -0.15) is 5.10 Å². The lowest BCUT2D eigenvalue weighted by Crippen LogP contribution is -2.36. The molecule has 0 unspecified atom stereocenters. The Bertz CT molecular complexity index is 694. The third kappa shape index (κ3) is 4.22. The van der Waals surface area contributed by atoms with Crippen molar-refractivity contribution in [2.24, 2.45) is 0 Å². The van der Waals surface area contributed by atoms with Gasteiger partial charge in [-0.3, -0.25) is 14.5 Å². The van der Waals surface area contributed by atoms with Crippen LogP contribution >= 0.6 is 0 Å². The van der Waals surface area contributed by atoms with Gasteiger partial charge in [0.25, 0.3) is 0 Å². The number of hydrogen-bond acceptors (Lipinski definition) is 3. The lowest BCUT2D eigenvalue weighted by Gasteiger charge is -2.25. The van der Waals surface area contributed by atoms with Crippen LogP contribution in [0.3, 0.4) is 0 Å². The number of pyridine rings is 1. The van der Waals surface area contributed by atoms with Crippen molar-refractivity contribution >= 4 is 5.91 Å². The molecule has 1 aliphatic heterocycles. The number of aromatic nitrogens is 3. The van der Waals surface area contributed by atoms with Crippen molar-refractivity contribution in [2.45, 2.75) is 58.5 Å². The van der Waals surface area contributed by atoms with E-state index in [1.807, 2.05) is 37.0 Å². The van der Waals surface area contributed by atoms with E-state index in [0.717, 1.165) is 43.6 Å². The number of carbonyl (C=O) groups is 1. The van der Waals surface area contributed by atoms with Crippen molar-refractivity contribution in [3.8, 4) is 0 Å². The maximum atomic E-state index is 12.6. The monoisotopic (exact) mass is 326 g/mol. The molecule has 2 aromatic heterocycles. The minimum atomic E-state index is 0.261. The summed E-state index contributed by atoms with van der Waals surface area (Å²) in [5.41, 5.74) is 3.37. The van der Waals surface area contributed by atoms with Crippen molar-refractivity contribution in [1.82, 2.24) is 19.7 Å². The fourth-order valence-corrected chi connectivity index (χ4v) is 3.50. The van der Waals surface area contributed by atoms with Gasteiger partial charge in [-0.25, -0.2) is 0 Å². The first kappa shape index (κ1) is 16.7. The van der Waals surface area contributed by atoms with E-state index in [1.54, 1.807) is 0 Å². The summed E-state index contributed by atoms with van der Waals surface area (Å²) in [4.78, 5) is 18.9. The highest BCUT2D eigenvalue weighted by atomic mass is 16.2. The lowest BCUT2D eigenvalue weighted by atomic mass is 10.0. The van der Waals surface area contributed by atoms with Crippen LogP contribution in [0.15, 0.2) is 30.6 Å². The molecule has 5 heteroatoms. The molecule has 0 N–H and O–H groups in total. The predicted molar refractivity (Wildman–Crippen MR) is 93.6 cm³/mol. The number of likely N-dealkylation sites (tertiary alicyclic amines) is 1. The van der Waals surface area contributed by atoms with Gasteiger partial charge >= 0.3 is 0 Å². The van der Waals surface area contributed by atoms with E-state index < -0.39 is 0 Å². The van der Waals surface area contributed by atoms with E-state index in [4.69, 9.17) is 0 Å². The highest BCUT2D eigenvalue weighted by Gasteiger charge is 2.27. The van der Waals surface area contributed by atoms with Crippen LogP contribution < -0.4 is 0 Å². The Morgan fingerprint density at radius 2 is 2.17 bits per heavy atom. The van der Waals surface area contributed by atoms with Gasteiger partial charge in [-0.05, 0) is 63.3 Å². The van der Waals surface area contributed by atoms with E-state index >= 15 is 0 Å². The molecule has 3 rings (SSSR count). The molecule has 0 spiro atoms. The number of rotatable bonds is 6. The maximum Gasteiger partial charge on any atom is 0.224 e. The standard InChI is InChI=1S/C19H26N4O/c1-15-8-12-22(21-15)13-9-19(24)23-11-3-4-18(23)6-5-17-7-10-20-16(2)14-17/h7-8,10,12,14,18H,3-6,9,11,13H2,1-2H3/t18-/m0/s1. The molecule has 1 fully saturated rings. The largest absolute Gasteiger partial charge is 0.340 e. The number of hydrogen-bond donors (Lipinski definition) is 0. The molecule has 2 aromatic rings. The molecule has 24 heavy (non-hydrogen) atoms. The molecule has 1 atom stereocenters. The van der Waals surface area contributed by atoms with Crippen LogP contribution in [0.25, 0.3) is 0 Å². The van der Waals surface area contributed by atoms with Gasteiger partial charge in [0.15, 0.2) is 0 Å². The smallest absolute Gasteiger partial charge is 0.224 e. The van der Waals surface area contributed by atoms with Crippen molar-refractivity contribution in [3.05, 3.63) is 47.5 Å². The summed E-state index contributed by atoms with van der Waals surface area (Å²) < 4.78 is 1.86. The Kier molecular flexibility index (Phi) is 5.28. The zero-order valence-electron chi connectivity index (χ0n) is 14.6. The van der Waals surface area contributed by atoms with Crippen LogP contribution in [-0.4, -0.2) is 38.2 Å². The van der Waals surface area contributed by atoms with Crippen molar-refractivity contribution in [2.75, 3.05) is 6.54 Å². The summed E-state index contributed by atoms with van der Waals surface area (Å²) in [6.45, 7) is 5.55. The van der Waals surface area contributed by atoms with Gasteiger partial charge in [0.05, 0.1) is 5.69 Å². The first-order valence-electron chi connectivity index (χ1n) is 8.83. The Hall–Kier alpha value is -2.17. The maximum absolute atomic E-state index is 12.6. The summed E-state index contributed by atoms with van der Waals surface area (Å²) in [7, 11) is 0. The fourth-order valence-electron chi connectivity index (χ4n) is 3.50. The van der Waals surface area contributed by atoms with Crippen LogP contribution in [0.1, 0.15) is 42.6 Å². The molecule has 0 bridgehead atoms. The third-order valence-electron chi connectivity index (χ3n) is 4.75.